The standard InChI is InChI=1S/C14H17F4NO.ClH/c15-13(16)14(17,18)20-11-8-4-3-7-10(11)12(19)9-5-1-2-6-9;/h3-4,7-9,12-13H,1-2,5-6,19H2;1H/t12-;/m0./s1. The zero-order valence-electron chi connectivity index (χ0n) is 11.3. The summed E-state index contributed by atoms with van der Waals surface area (Å²) in [7, 11) is 0. The molecule has 1 saturated carbocycles. The van der Waals surface area contributed by atoms with Crippen LogP contribution in [0.3, 0.4) is 0 Å². The number of halogens is 5. The molecule has 0 heterocycles. The maximum absolute atomic E-state index is 13.0. The Bertz CT molecular complexity index is 452. The van der Waals surface area contributed by atoms with Crippen LogP contribution in [0.1, 0.15) is 37.3 Å². The van der Waals surface area contributed by atoms with E-state index in [1.807, 2.05) is 0 Å². The van der Waals surface area contributed by atoms with Gasteiger partial charge in [0.2, 0.25) is 0 Å². The van der Waals surface area contributed by atoms with Crippen molar-refractivity contribution in [3.63, 3.8) is 0 Å². The van der Waals surface area contributed by atoms with E-state index in [9.17, 15) is 17.6 Å². The molecule has 120 valence electrons. The van der Waals surface area contributed by atoms with Gasteiger partial charge in [0.25, 0.3) is 0 Å². The summed E-state index contributed by atoms with van der Waals surface area (Å²) < 4.78 is 54.7. The summed E-state index contributed by atoms with van der Waals surface area (Å²) in [5.41, 5.74) is 6.44. The maximum atomic E-state index is 13.0. The fraction of sp³-hybridized carbons (Fsp3) is 0.571. The Morgan fingerprint density at radius 3 is 2.29 bits per heavy atom. The average molecular weight is 328 g/mol. The van der Waals surface area contributed by atoms with E-state index in [4.69, 9.17) is 5.73 Å². The highest BCUT2D eigenvalue weighted by atomic mass is 35.5. The molecule has 0 radical (unpaired) electrons. The van der Waals surface area contributed by atoms with E-state index in [1.165, 1.54) is 12.1 Å². The summed E-state index contributed by atoms with van der Waals surface area (Å²) in [5.74, 6) is -0.0860. The Balaban J connectivity index is 0.00000220. The van der Waals surface area contributed by atoms with Crippen LogP contribution >= 0.6 is 12.4 Å². The molecule has 0 spiro atoms. The number of hydrogen-bond acceptors (Lipinski definition) is 2. The van der Waals surface area contributed by atoms with Crippen LogP contribution in [-0.2, 0) is 0 Å². The summed E-state index contributed by atoms with van der Waals surface area (Å²) >= 11 is 0. The molecule has 0 aromatic heterocycles. The van der Waals surface area contributed by atoms with E-state index in [-0.39, 0.29) is 24.1 Å². The van der Waals surface area contributed by atoms with Gasteiger partial charge in [-0.2, -0.15) is 17.6 Å². The lowest BCUT2D eigenvalue weighted by Crippen LogP contribution is -2.34. The minimum absolute atomic E-state index is 0. The Hall–Kier alpha value is -1.01. The molecule has 21 heavy (non-hydrogen) atoms. The molecule has 0 unspecified atom stereocenters. The number of para-hydroxylation sites is 1. The maximum Gasteiger partial charge on any atom is 0.461 e. The third-order valence-corrected chi connectivity index (χ3v) is 3.69. The second-order valence-electron chi connectivity index (χ2n) is 5.07. The smallest absolute Gasteiger partial charge is 0.428 e. The van der Waals surface area contributed by atoms with Gasteiger partial charge >= 0.3 is 12.5 Å². The fourth-order valence-electron chi connectivity index (χ4n) is 2.61. The Morgan fingerprint density at radius 2 is 1.71 bits per heavy atom. The van der Waals surface area contributed by atoms with Gasteiger partial charge in [0.1, 0.15) is 5.75 Å². The van der Waals surface area contributed by atoms with Crippen LogP contribution in [0.5, 0.6) is 5.75 Å². The summed E-state index contributed by atoms with van der Waals surface area (Å²) in [5, 5.41) is 0. The molecule has 1 fully saturated rings. The first-order valence-corrected chi connectivity index (χ1v) is 6.61. The molecule has 1 aliphatic rings. The molecule has 2 rings (SSSR count). The highest BCUT2D eigenvalue weighted by Crippen LogP contribution is 2.39. The summed E-state index contributed by atoms with van der Waals surface area (Å²) in [6.07, 6.45) is -4.45. The molecule has 0 aliphatic heterocycles. The molecule has 0 amide bonds. The Labute approximate surface area is 127 Å². The van der Waals surface area contributed by atoms with Crippen LogP contribution in [0.25, 0.3) is 0 Å². The van der Waals surface area contributed by atoms with Crippen molar-refractivity contribution in [3.05, 3.63) is 29.8 Å². The highest BCUT2D eigenvalue weighted by Gasteiger charge is 2.44. The van der Waals surface area contributed by atoms with E-state index in [0.29, 0.717) is 5.56 Å². The third-order valence-electron chi connectivity index (χ3n) is 3.69. The number of nitrogens with two attached hydrogens (primary N) is 1. The first kappa shape index (κ1) is 18.0. The summed E-state index contributed by atoms with van der Waals surface area (Å²) in [6.45, 7) is 0. The molecular weight excluding hydrogens is 310 g/mol. The van der Waals surface area contributed by atoms with E-state index in [2.05, 4.69) is 4.74 Å². The fourth-order valence-corrected chi connectivity index (χ4v) is 2.61. The number of alkyl halides is 4. The summed E-state index contributed by atoms with van der Waals surface area (Å²) in [6, 6.07) is 5.43. The van der Waals surface area contributed by atoms with Crippen molar-refractivity contribution in [2.24, 2.45) is 11.7 Å². The molecular formula is C14H18ClF4NO. The Morgan fingerprint density at radius 1 is 1.14 bits per heavy atom. The number of hydrogen-bond donors (Lipinski definition) is 1. The van der Waals surface area contributed by atoms with Gasteiger partial charge in [0, 0.05) is 11.6 Å². The van der Waals surface area contributed by atoms with Crippen LogP contribution in [0.4, 0.5) is 17.6 Å². The largest absolute Gasteiger partial charge is 0.461 e. The second-order valence-corrected chi connectivity index (χ2v) is 5.07. The summed E-state index contributed by atoms with van der Waals surface area (Å²) in [4.78, 5) is 0. The van der Waals surface area contributed by atoms with Crippen molar-refractivity contribution in [3.8, 4) is 5.75 Å². The van der Waals surface area contributed by atoms with Gasteiger partial charge in [-0.1, -0.05) is 31.0 Å². The molecule has 1 aromatic rings. The van der Waals surface area contributed by atoms with Crippen molar-refractivity contribution in [1.82, 2.24) is 0 Å². The van der Waals surface area contributed by atoms with Crippen molar-refractivity contribution < 1.29 is 22.3 Å². The average Bonchev–Trinajstić information content (AvgIpc) is 2.92. The number of ether oxygens (including phenoxy) is 1. The van der Waals surface area contributed by atoms with Gasteiger partial charge in [-0.3, -0.25) is 0 Å². The molecule has 0 bridgehead atoms. The van der Waals surface area contributed by atoms with Crippen LogP contribution in [0, 0.1) is 5.92 Å². The van der Waals surface area contributed by atoms with Gasteiger partial charge in [0.15, 0.2) is 0 Å². The molecule has 1 atom stereocenters. The van der Waals surface area contributed by atoms with Gasteiger partial charge in [-0.05, 0) is 24.8 Å². The zero-order valence-corrected chi connectivity index (χ0v) is 12.1. The SMILES string of the molecule is Cl.N[C@H](c1ccccc1OC(F)(F)C(F)F)C1CCCC1. The van der Waals surface area contributed by atoms with Gasteiger partial charge in [0.05, 0.1) is 0 Å². The molecule has 0 saturated heterocycles. The van der Waals surface area contributed by atoms with Crippen LogP contribution in [0.2, 0.25) is 0 Å². The normalized spacial score (nSPS) is 17.6. The van der Waals surface area contributed by atoms with E-state index >= 15 is 0 Å². The predicted molar refractivity (Wildman–Crippen MR) is 74.2 cm³/mol. The topological polar surface area (TPSA) is 35.2 Å². The van der Waals surface area contributed by atoms with Crippen molar-refractivity contribution in [2.75, 3.05) is 0 Å². The third kappa shape index (κ3) is 4.23. The minimum Gasteiger partial charge on any atom is -0.428 e. The molecule has 7 heteroatoms. The number of benzene rings is 1. The Kier molecular flexibility index (Phi) is 6.28. The van der Waals surface area contributed by atoms with Gasteiger partial charge < -0.3 is 10.5 Å². The van der Waals surface area contributed by atoms with Crippen molar-refractivity contribution in [1.29, 1.82) is 0 Å². The van der Waals surface area contributed by atoms with Crippen LogP contribution in [0.15, 0.2) is 24.3 Å². The lowest BCUT2D eigenvalue weighted by Gasteiger charge is -2.24. The number of rotatable bonds is 5. The van der Waals surface area contributed by atoms with E-state index in [0.717, 1.165) is 25.7 Å². The molecule has 2 nitrogen and oxygen atoms in total. The van der Waals surface area contributed by atoms with Gasteiger partial charge in [-0.25, -0.2) is 0 Å². The monoisotopic (exact) mass is 327 g/mol. The first-order valence-electron chi connectivity index (χ1n) is 6.61. The highest BCUT2D eigenvalue weighted by molar-refractivity contribution is 5.85. The van der Waals surface area contributed by atoms with Crippen molar-refractivity contribution in [2.45, 2.75) is 44.3 Å². The van der Waals surface area contributed by atoms with Crippen LogP contribution in [-0.4, -0.2) is 12.5 Å². The zero-order chi connectivity index (χ0) is 14.8. The molecule has 1 aromatic carbocycles. The lowest BCUT2D eigenvalue weighted by atomic mass is 9.92. The van der Waals surface area contributed by atoms with Gasteiger partial charge in [-0.15, -0.1) is 12.4 Å². The van der Waals surface area contributed by atoms with E-state index < -0.39 is 18.6 Å². The van der Waals surface area contributed by atoms with E-state index in [1.54, 1.807) is 12.1 Å². The second kappa shape index (κ2) is 7.31. The van der Waals surface area contributed by atoms with Crippen molar-refractivity contribution >= 4 is 12.4 Å². The lowest BCUT2D eigenvalue weighted by molar-refractivity contribution is -0.253. The first-order chi connectivity index (χ1) is 9.42. The molecule has 2 N–H and O–H groups in total. The quantitative estimate of drug-likeness (QED) is 0.806. The molecule has 1 aliphatic carbocycles. The van der Waals surface area contributed by atoms with Crippen LogP contribution < -0.4 is 10.5 Å². The predicted octanol–water partition coefficient (Wildman–Crippen LogP) is 4.54. The minimum atomic E-state index is -4.51.